The Bertz CT molecular complexity index is 1230. The van der Waals surface area contributed by atoms with E-state index in [2.05, 4.69) is 72.6 Å². The molecule has 0 radical (unpaired) electrons. The Morgan fingerprint density at radius 3 is 2.62 bits per heavy atom. The number of nitrogens with one attached hydrogen (secondary N) is 1. The molecule has 0 unspecified atom stereocenters. The number of carbonyl (C=O) groups is 1. The third kappa shape index (κ3) is 4.42. The van der Waals surface area contributed by atoms with E-state index in [0.29, 0.717) is 19.7 Å². The van der Waals surface area contributed by atoms with Crippen LogP contribution < -0.4 is 5.32 Å². The molecule has 32 heavy (non-hydrogen) atoms. The molecule has 0 aliphatic carbocycles. The van der Waals surface area contributed by atoms with Gasteiger partial charge in [-0.25, -0.2) is 4.79 Å². The summed E-state index contributed by atoms with van der Waals surface area (Å²) in [6, 6.07) is 18.4. The number of rotatable bonds is 7. The molecule has 2 amide bonds. The molecule has 4 rings (SSSR count). The van der Waals surface area contributed by atoms with E-state index in [1.165, 1.54) is 15.8 Å². The lowest BCUT2D eigenvalue weighted by atomic mass is 10.1. The highest BCUT2D eigenvalue weighted by atomic mass is 32.1. The predicted molar refractivity (Wildman–Crippen MR) is 133 cm³/mol. The van der Waals surface area contributed by atoms with E-state index in [1.54, 1.807) is 18.4 Å². The maximum atomic E-state index is 13.3. The van der Waals surface area contributed by atoms with Gasteiger partial charge < -0.3 is 19.5 Å². The minimum Gasteiger partial charge on any atom is -0.383 e. The van der Waals surface area contributed by atoms with Crippen LogP contribution in [0.15, 0.2) is 60.0 Å². The first kappa shape index (κ1) is 22.1. The van der Waals surface area contributed by atoms with Gasteiger partial charge in [0.1, 0.15) is 0 Å². The summed E-state index contributed by atoms with van der Waals surface area (Å²) in [6.45, 7) is 5.59. The number of nitrogens with zero attached hydrogens (tertiary/aromatic N) is 2. The van der Waals surface area contributed by atoms with Crippen LogP contribution >= 0.6 is 11.3 Å². The van der Waals surface area contributed by atoms with Crippen molar-refractivity contribution in [1.29, 1.82) is 0 Å². The molecule has 0 aliphatic heterocycles. The zero-order valence-corrected chi connectivity index (χ0v) is 19.8. The summed E-state index contributed by atoms with van der Waals surface area (Å²) in [7, 11) is 3.75. The van der Waals surface area contributed by atoms with Gasteiger partial charge in [0.2, 0.25) is 0 Å². The van der Waals surface area contributed by atoms with Gasteiger partial charge in [-0.3, -0.25) is 0 Å². The molecule has 2 aromatic heterocycles. The number of hydrogen-bond donors (Lipinski definition) is 1. The van der Waals surface area contributed by atoms with Gasteiger partial charge in [-0.15, -0.1) is 11.3 Å². The Kier molecular flexibility index (Phi) is 6.63. The number of amides is 2. The summed E-state index contributed by atoms with van der Waals surface area (Å²) >= 11 is 1.71. The number of para-hydroxylation sites is 1. The number of fused-ring (bicyclic) bond motifs is 1. The van der Waals surface area contributed by atoms with Crippen LogP contribution in [0.5, 0.6) is 0 Å². The van der Waals surface area contributed by atoms with Crippen molar-refractivity contribution in [2.75, 3.05) is 25.6 Å². The summed E-state index contributed by atoms with van der Waals surface area (Å²) in [5.41, 5.74) is 6.62. The van der Waals surface area contributed by atoms with Crippen molar-refractivity contribution in [3.63, 3.8) is 0 Å². The minimum atomic E-state index is -0.129. The lowest BCUT2D eigenvalue weighted by Gasteiger charge is -2.24. The third-order valence-corrected chi connectivity index (χ3v) is 6.80. The zero-order chi connectivity index (χ0) is 22.7. The Labute approximate surface area is 193 Å². The Hall–Kier alpha value is -3.09. The van der Waals surface area contributed by atoms with Crippen LogP contribution in [0.2, 0.25) is 0 Å². The third-order valence-electron chi connectivity index (χ3n) is 5.93. The average Bonchev–Trinajstić information content (AvgIpc) is 3.40. The molecule has 0 aliphatic rings. The van der Waals surface area contributed by atoms with Gasteiger partial charge in [-0.2, -0.15) is 0 Å². The van der Waals surface area contributed by atoms with Crippen LogP contribution in [0.4, 0.5) is 10.5 Å². The van der Waals surface area contributed by atoms with Gasteiger partial charge in [0, 0.05) is 42.9 Å². The number of aryl methyl sites for hydroxylation is 3. The van der Waals surface area contributed by atoms with Crippen LogP contribution in [0.3, 0.4) is 0 Å². The Morgan fingerprint density at radius 1 is 1.09 bits per heavy atom. The zero-order valence-electron chi connectivity index (χ0n) is 19.0. The number of thiophene rings is 1. The Morgan fingerprint density at radius 2 is 1.91 bits per heavy atom. The van der Waals surface area contributed by atoms with Crippen molar-refractivity contribution in [2.24, 2.45) is 7.05 Å². The number of aromatic nitrogens is 1. The topological polar surface area (TPSA) is 46.5 Å². The summed E-state index contributed by atoms with van der Waals surface area (Å²) in [5, 5.41) is 6.33. The highest BCUT2D eigenvalue weighted by Crippen LogP contribution is 2.36. The molecule has 166 valence electrons. The fraction of sp³-hybridized carbons (Fsp3) is 0.269. The smallest absolute Gasteiger partial charge is 0.322 e. The van der Waals surface area contributed by atoms with Crippen LogP contribution in [0.1, 0.15) is 16.7 Å². The van der Waals surface area contributed by atoms with Crippen LogP contribution in [0.25, 0.3) is 21.5 Å². The van der Waals surface area contributed by atoms with Crippen LogP contribution in [0, 0.1) is 13.8 Å². The number of methoxy groups -OCH3 is 1. The first-order valence-corrected chi connectivity index (χ1v) is 11.6. The van der Waals surface area contributed by atoms with Crippen molar-refractivity contribution in [1.82, 2.24) is 9.47 Å². The standard InChI is InChI=1S/C26H29N3O2S/c1-18-11-12-20(16-19(18)2)27-26(30)29(13-14-31-4)17-22-21-8-5-6-9-23(21)28(3)25(22)24-10-7-15-32-24/h5-12,15-16H,13-14,17H2,1-4H3,(H,27,30). The molecule has 5 nitrogen and oxygen atoms in total. The molecule has 0 spiro atoms. The molecule has 0 saturated carbocycles. The molecule has 0 saturated heterocycles. The second-order valence-electron chi connectivity index (χ2n) is 8.02. The highest BCUT2D eigenvalue weighted by Gasteiger charge is 2.22. The Balaban J connectivity index is 1.70. The average molecular weight is 448 g/mol. The molecule has 6 heteroatoms. The second-order valence-corrected chi connectivity index (χ2v) is 8.97. The van der Waals surface area contributed by atoms with Gasteiger partial charge in [0.15, 0.2) is 0 Å². The van der Waals surface area contributed by atoms with Crippen molar-refractivity contribution < 1.29 is 9.53 Å². The van der Waals surface area contributed by atoms with E-state index in [4.69, 9.17) is 4.74 Å². The van der Waals surface area contributed by atoms with E-state index in [-0.39, 0.29) is 6.03 Å². The molecule has 0 fully saturated rings. The van der Waals surface area contributed by atoms with E-state index < -0.39 is 0 Å². The lowest BCUT2D eigenvalue weighted by Crippen LogP contribution is -2.37. The highest BCUT2D eigenvalue weighted by molar-refractivity contribution is 7.13. The number of anilines is 1. The SMILES string of the molecule is COCCN(Cc1c(-c2cccs2)n(C)c2ccccc12)C(=O)Nc1ccc(C)c(C)c1. The quantitative estimate of drug-likeness (QED) is 0.366. The fourth-order valence-corrected chi connectivity index (χ4v) is 4.86. The summed E-state index contributed by atoms with van der Waals surface area (Å²) in [6.07, 6.45) is 0. The number of hydrogen-bond acceptors (Lipinski definition) is 3. The molecular weight excluding hydrogens is 418 g/mol. The molecule has 4 aromatic rings. The molecule has 1 N–H and O–H groups in total. The number of benzene rings is 2. The lowest BCUT2D eigenvalue weighted by molar-refractivity contribution is 0.153. The van der Waals surface area contributed by atoms with Gasteiger partial charge in [-0.05, 0) is 54.6 Å². The summed E-state index contributed by atoms with van der Waals surface area (Å²) in [4.78, 5) is 16.3. The fourth-order valence-electron chi connectivity index (χ4n) is 4.03. The molecule has 0 atom stereocenters. The van der Waals surface area contributed by atoms with E-state index in [9.17, 15) is 4.79 Å². The number of carbonyl (C=O) groups excluding carboxylic acids is 1. The maximum absolute atomic E-state index is 13.3. The largest absolute Gasteiger partial charge is 0.383 e. The summed E-state index contributed by atoms with van der Waals surface area (Å²) < 4.78 is 7.54. The van der Waals surface area contributed by atoms with Crippen molar-refractivity contribution in [3.8, 4) is 10.6 Å². The van der Waals surface area contributed by atoms with Crippen molar-refractivity contribution >= 4 is 34.0 Å². The number of ether oxygens (including phenoxy) is 1. The van der Waals surface area contributed by atoms with Gasteiger partial charge in [-0.1, -0.05) is 30.3 Å². The first-order valence-electron chi connectivity index (χ1n) is 10.7. The predicted octanol–water partition coefficient (Wildman–Crippen LogP) is 6.20. The van der Waals surface area contributed by atoms with Crippen molar-refractivity contribution in [3.05, 3.63) is 76.7 Å². The molecule has 2 heterocycles. The van der Waals surface area contributed by atoms with E-state index >= 15 is 0 Å². The second kappa shape index (κ2) is 9.59. The monoisotopic (exact) mass is 447 g/mol. The minimum absolute atomic E-state index is 0.129. The number of urea groups is 1. The van der Waals surface area contributed by atoms with Crippen LogP contribution in [-0.4, -0.2) is 35.8 Å². The van der Waals surface area contributed by atoms with E-state index in [0.717, 1.165) is 28.0 Å². The van der Waals surface area contributed by atoms with Gasteiger partial charge in [0.25, 0.3) is 0 Å². The first-order chi connectivity index (χ1) is 15.5. The van der Waals surface area contributed by atoms with Crippen LogP contribution in [-0.2, 0) is 18.3 Å². The molecule has 2 aromatic carbocycles. The van der Waals surface area contributed by atoms with E-state index in [1.807, 2.05) is 23.1 Å². The van der Waals surface area contributed by atoms with Crippen molar-refractivity contribution in [2.45, 2.75) is 20.4 Å². The summed E-state index contributed by atoms with van der Waals surface area (Å²) in [5.74, 6) is 0. The maximum Gasteiger partial charge on any atom is 0.322 e. The van der Waals surface area contributed by atoms with Gasteiger partial charge >= 0.3 is 6.03 Å². The molecule has 0 bridgehead atoms. The molecular formula is C26H29N3O2S. The van der Waals surface area contributed by atoms with Gasteiger partial charge in [0.05, 0.1) is 23.7 Å². The normalized spacial score (nSPS) is 11.1.